The zero-order valence-electron chi connectivity index (χ0n) is 13.0. The van der Waals surface area contributed by atoms with Gasteiger partial charge in [0.05, 0.1) is 6.20 Å². The molecule has 1 aliphatic heterocycles. The minimum absolute atomic E-state index is 0.178. The van der Waals surface area contributed by atoms with Gasteiger partial charge in [-0.15, -0.1) is 0 Å². The smallest absolute Gasteiger partial charge is 0.358 e. The van der Waals surface area contributed by atoms with Crippen molar-refractivity contribution in [1.29, 1.82) is 0 Å². The Bertz CT molecular complexity index is 846. The highest BCUT2D eigenvalue weighted by atomic mass is 32.3. The van der Waals surface area contributed by atoms with Crippen molar-refractivity contribution in [2.45, 2.75) is 18.9 Å². The highest BCUT2D eigenvalue weighted by Crippen LogP contribution is 2.24. The lowest BCUT2D eigenvalue weighted by Crippen LogP contribution is -2.40. The molecule has 0 bridgehead atoms. The predicted octanol–water partition coefficient (Wildman–Crippen LogP) is 1.68. The van der Waals surface area contributed by atoms with Crippen LogP contribution in [0.25, 0.3) is 0 Å². The van der Waals surface area contributed by atoms with Gasteiger partial charge in [0.25, 0.3) is 0 Å². The van der Waals surface area contributed by atoms with Crippen LogP contribution in [0.2, 0.25) is 0 Å². The number of nitrogens with zero attached hydrogens (tertiary/aromatic N) is 3. The van der Waals surface area contributed by atoms with Gasteiger partial charge in [-0.3, -0.25) is 9.78 Å². The molecule has 25 heavy (non-hydrogen) atoms. The maximum Gasteiger partial charge on any atom is 0.488 e. The Morgan fingerprint density at radius 1 is 1.28 bits per heavy atom. The third-order valence-electron chi connectivity index (χ3n) is 3.72. The van der Waals surface area contributed by atoms with Crippen molar-refractivity contribution >= 4 is 27.9 Å². The van der Waals surface area contributed by atoms with E-state index in [2.05, 4.69) is 19.5 Å². The number of anilines is 2. The summed E-state index contributed by atoms with van der Waals surface area (Å²) in [5.74, 6) is 0.245. The molecule has 1 unspecified atom stereocenters. The molecule has 1 aromatic heterocycles. The Balaban J connectivity index is 1.67. The molecule has 0 radical (unpaired) electrons. The summed E-state index contributed by atoms with van der Waals surface area (Å²) < 4.78 is 37.4. The van der Waals surface area contributed by atoms with Crippen LogP contribution in [0.3, 0.4) is 0 Å². The van der Waals surface area contributed by atoms with E-state index >= 15 is 0 Å². The summed E-state index contributed by atoms with van der Waals surface area (Å²) in [4.78, 5) is 22.6. The normalized spacial score (nSPS) is 17.3. The fourth-order valence-electron chi connectivity index (χ4n) is 2.69. The van der Waals surface area contributed by atoms with Crippen LogP contribution in [0.1, 0.15) is 12.8 Å². The molecule has 1 saturated heterocycles. The number of carbonyl (C=O) groups is 1. The molecule has 1 N–H and O–H groups in total. The number of amides is 1. The Hall–Kier alpha value is -2.75. The van der Waals surface area contributed by atoms with Gasteiger partial charge in [-0.05, 0) is 37.1 Å². The van der Waals surface area contributed by atoms with E-state index in [1.807, 2.05) is 4.90 Å². The van der Waals surface area contributed by atoms with Gasteiger partial charge >= 0.3 is 10.5 Å². The van der Waals surface area contributed by atoms with Gasteiger partial charge in [-0.2, -0.15) is 8.42 Å². The number of nitrogens with one attached hydrogen (secondary N) is 1. The third kappa shape index (κ3) is 4.41. The molecule has 3 rings (SSSR count). The summed E-state index contributed by atoms with van der Waals surface area (Å²) >= 11 is 0. The molecule has 1 aliphatic rings. The second-order valence-corrected chi connectivity index (χ2v) is 6.36. The molecule has 0 aliphatic carbocycles. The highest BCUT2D eigenvalue weighted by Gasteiger charge is 2.31. The van der Waals surface area contributed by atoms with E-state index in [-0.39, 0.29) is 17.7 Å². The lowest BCUT2D eigenvalue weighted by molar-refractivity contribution is -0.117. The molecule has 2 aromatic rings. The first-order valence-electron chi connectivity index (χ1n) is 7.50. The van der Waals surface area contributed by atoms with Crippen LogP contribution in [0.4, 0.5) is 15.4 Å². The third-order valence-corrected chi connectivity index (χ3v) is 4.11. The van der Waals surface area contributed by atoms with Crippen molar-refractivity contribution < 1.29 is 21.3 Å². The zero-order chi connectivity index (χ0) is 17.9. The van der Waals surface area contributed by atoms with Crippen LogP contribution >= 0.6 is 0 Å². The second kappa shape index (κ2) is 7.01. The van der Waals surface area contributed by atoms with Gasteiger partial charge < -0.3 is 14.4 Å². The molecular formula is C15H15FN4O4S. The van der Waals surface area contributed by atoms with E-state index in [4.69, 9.17) is 0 Å². The lowest BCUT2D eigenvalue weighted by Gasteiger charge is -2.24. The molecule has 132 valence electrons. The average Bonchev–Trinajstić information content (AvgIpc) is 3.06. The zero-order valence-corrected chi connectivity index (χ0v) is 13.8. The van der Waals surface area contributed by atoms with Crippen molar-refractivity contribution in [1.82, 2.24) is 9.97 Å². The number of hydrogen-bond donors (Lipinski definition) is 1. The molecule has 0 spiro atoms. The largest absolute Gasteiger partial charge is 0.488 e. The molecular weight excluding hydrogens is 351 g/mol. The molecule has 10 heteroatoms. The molecule has 2 heterocycles. The quantitative estimate of drug-likeness (QED) is 0.803. The van der Waals surface area contributed by atoms with Crippen LogP contribution in [0, 0.1) is 0 Å². The lowest BCUT2D eigenvalue weighted by atomic mass is 10.2. The van der Waals surface area contributed by atoms with Gasteiger partial charge in [-0.25, -0.2) is 4.98 Å². The SMILES string of the molecule is O=C(Nc1ccc(OS(=O)(=O)F)cc1)C1CCCN1c1cnccn1. The maximum atomic E-state index is 12.5. The summed E-state index contributed by atoms with van der Waals surface area (Å²) in [5.41, 5.74) is 0.444. The van der Waals surface area contributed by atoms with Crippen molar-refractivity contribution in [3.63, 3.8) is 0 Å². The first-order chi connectivity index (χ1) is 11.9. The summed E-state index contributed by atoms with van der Waals surface area (Å²) in [6, 6.07) is 4.99. The standard InChI is InChI=1S/C15H15FN4O4S/c16-25(22,23)24-12-5-3-11(4-6-12)19-15(21)13-2-1-9-20(13)14-10-17-7-8-18-14/h3-8,10,13H,1-2,9H2,(H,19,21). The Labute approximate surface area is 144 Å². The molecule has 1 atom stereocenters. The number of benzene rings is 1. The number of aromatic nitrogens is 2. The number of hydrogen-bond acceptors (Lipinski definition) is 7. The fourth-order valence-corrected chi connectivity index (χ4v) is 3.03. The van der Waals surface area contributed by atoms with E-state index in [9.17, 15) is 17.1 Å². The topological polar surface area (TPSA) is 101 Å². The van der Waals surface area contributed by atoms with Crippen molar-refractivity contribution in [2.24, 2.45) is 0 Å². The van der Waals surface area contributed by atoms with Gasteiger partial charge in [0.2, 0.25) is 5.91 Å². The van der Waals surface area contributed by atoms with Crippen LogP contribution in [-0.4, -0.2) is 36.9 Å². The first kappa shape index (κ1) is 17.1. The van der Waals surface area contributed by atoms with E-state index in [0.717, 1.165) is 6.42 Å². The van der Waals surface area contributed by atoms with Gasteiger partial charge in [0, 0.05) is 24.6 Å². The average molecular weight is 366 g/mol. The highest BCUT2D eigenvalue weighted by molar-refractivity contribution is 7.81. The molecule has 1 amide bonds. The van der Waals surface area contributed by atoms with Crippen LogP contribution < -0.4 is 14.4 Å². The summed E-state index contributed by atoms with van der Waals surface area (Å²) in [7, 11) is -5.07. The van der Waals surface area contributed by atoms with E-state index in [0.29, 0.717) is 24.5 Å². The summed E-state index contributed by atoms with van der Waals surface area (Å²) in [5, 5.41) is 2.75. The number of halogens is 1. The summed E-state index contributed by atoms with van der Waals surface area (Å²) in [6.45, 7) is 0.706. The Morgan fingerprint density at radius 3 is 2.68 bits per heavy atom. The molecule has 1 aromatic carbocycles. The monoisotopic (exact) mass is 366 g/mol. The van der Waals surface area contributed by atoms with Crippen LogP contribution in [-0.2, 0) is 15.3 Å². The minimum atomic E-state index is -5.07. The number of rotatable bonds is 5. The van der Waals surface area contributed by atoms with Crippen molar-refractivity contribution in [2.75, 3.05) is 16.8 Å². The minimum Gasteiger partial charge on any atom is -0.358 e. The van der Waals surface area contributed by atoms with E-state index in [1.54, 1.807) is 18.6 Å². The van der Waals surface area contributed by atoms with Crippen molar-refractivity contribution in [3.8, 4) is 5.75 Å². The van der Waals surface area contributed by atoms with Gasteiger partial charge in [0.1, 0.15) is 17.6 Å². The van der Waals surface area contributed by atoms with E-state index < -0.39 is 10.5 Å². The second-order valence-electron chi connectivity index (χ2n) is 5.41. The molecule has 1 fully saturated rings. The number of carbonyl (C=O) groups excluding carboxylic acids is 1. The predicted molar refractivity (Wildman–Crippen MR) is 88.1 cm³/mol. The van der Waals surface area contributed by atoms with Crippen LogP contribution in [0.15, 0.2) is 42.9 Å². The fraction of sp³-hybridized carbons (Fsp3) is 0.267. The first-order valence-corrected chi connectivity index (χ1v) is 8.81. The molecule has 8 nitrogen and oxygen atoms in total. The van der Waals surface area contributed by atoms with E-state index in [1.165, 1.54) is 24.3 Å². The van der Waals surface area contributed by atoms with Gasteiger partial charge in [0.15, 0.2) is 0 Å². The van der Waals surface area contributed by atoms with Gasteiger partial charge in [-0.1, -0.05) is 3.89 Å². The summed E-state index contributed by atoms with van der Waals surface area (Å²) in [6.07, 6.45) is 6.28. The maximum absolute atomic E-state index is 12.5. The Kier molecular flexibility index (Phi) is 4.79. The van der Waals surface area contributed by atoms with Crippen molar-refractivity contribution in [3.05, 3.63) is 42.9 Å². The molecule has 0 saturated carbocycles. The Morgan fingerprint density at radius 2 is 2.04 bits per heavy atom. The van der Waals surface area contributed by atoms with Crippen LogP contribution in [0.5, 0.6) is 5.75 Å².